The van der Waals surface area contributed by atoms with Crippen LogP contribution in [0.25, 0.3) is 0 Å². The molecule has 0 heterocycles. The Hall–Kier alpha value is -2.82. The van der Waals surface area contributed by atoms with E-state index in [1.165, 1.54) is 12.7 Å². The molecule has 5 nitrogen and oxygen atoms in total. The summed E-state index contributed by atoms with van der Waals surface area (Å²) in [6.45, 7) is 4.09. The summed E-state index contributed by atoms with van der Waals surface area (Å²) >= 11 is 0. The van der Waals surface area contributed by atoms with Gasteiger partial charge in [-0.3, -0.25) is 4.79 Å². The first-order valence-corrected chi connectivity index (χ1v) is 7.85. The van der Waals surface area contributed by atoms with Crippen LogP contribution < -0.4 is 10.6 Å². The zero-order valence-electron chi connectivity index (χ0n) is 14.2. The predicted molar refractivity (Wildman–Crippen MR) is 95.5 cm³/mol. The molecule has 0 spiro atoms. The number of ether oxygens (including phenoxy) is 1. The molecule has 0 aromatic heterocycles. The van der Waals surface area contributed by atoms with Crippen LogP contribution >= 0.6 is 0 Å². The standard InChI is InChI=1S/C19H22N2O3/c1-4-14-6-5-7-16(11-14)21-18(22)12-20-17-9-8-15(10-13(17)2)19(23)24-3/h5-11,20H,4,12H2,1-3H3,(H,21,22). The number of esters is 1. The van der Waals surface area contributed by atoms with Gasteiger partial charge in [-0.1, -0.05) is 19.1 Å². The smallest absolute Gasteiger partial charge is 0.337 e. The maximum absolute atomic E-state index is 12.1. The number of nitrogens with one attached hydrogen (secondary N) is 2. The Bertz CT molecular complexity index is 741. The Morgan fingerprint density at radius 3 is 2.58 bits per heavy atom. The molecule has 126 valence electrons. The van der Waals surface area contributed by atoms with Gasteiger partial charge in [-0.2, -0.15) is 0 Å². The van der Waals surface area contributed by atoms with E-state index in [0.29, 0.717) is 5.56 Å². The molecule has 0 radical (unpaired) electrons. The van der Waals surface area contributed by atoms with Gasteiger partial charge in [-0.25, -0.2) is 4.79 Å². The molecule has 0 saturated heterocycles. The normalized spacial score (nSPS) is 10.1. The summed E-state index contributed by atoms with van der Waals surface area (Å²) in [6, 6.07) is 13.0. The second-order valence-corrected chi connectivity index (χ2v) is 5.48. The Labute approximate surface area is 142 Å². The summed E-state index contributed by atoms with van der Waals surface area (Å²) in [5, 5.41) is 5.95. The summed E-state index contributed by atoms with van der Waals surface area (Å²) in [7, 11) is 1.35. The van der Waals surface area contributed by atoms with E-state index in [-0.39, 0.29) is 18.4 Å². The molecule has 0 unspecified atom stereocenters. The van der Waals surface area contributed by atoms with Gasteiger partial charge < -0.3 is 15.4 Å². The van der Waals surface area contributed by atoms with Gasteiger partial charge in [0.15, 0.2) is 0 Å². The fraction of sp³-hybridized carbons (Fsp3) is 0.263. The number of aryl methyl sites for hydroxylation is 2. The van der Waals surface area contributed by atoms with Gasteiger partial charge in [0, 0.05) is 11.4 Å². The maximum atomic E-state index is 12.1. The summed E-state index contributed by atoms with van der Waals surface area (Å²) in [5.74, 6) is -0.502. The van der Waals surface area contributed by atoms with Crippen molar-refractivity contribution >= 4 is 23.3 Å². The maximum Gasteiger partial charge on any atom is 0.337 e. The number of carbonyl (C=O) groups excluding carboxylic acids is 2. The van der Waals surface area contributed by atoms with E-state index in [4.69, 9.17) is 4.74 Å². The second-order valence-electron chi connectivity index (χ2n) is 5.48. The van der Waals surface area contributed by atoms with Crippen molar-refractivity contribution in [3.05, 3.63) is 59.2 Å². The van der Waals surface area contributed by atoms with E-state index >= 15 is 0 Å². The number of methoxy groups -OCH3 is 1. The lowest BCUT2D eigenvalue weighted by Gasteiger charge is -2.11. The van der Waals surface area contributed by atoms with E-state index in [0.717, 1.165) is 23.4 Å². The molecule has 1 amide bonds. The lowest BCUT2D eigenvalue weighted by atomic mass is 10.1. The molecule has 0 aliphatic heterocycles. The lowest BCUT2D eigenvalue weighted by Crippen LogP contribution is -2.22. The number of rotatable bonds is 6. The van der Waals surface area contributed by atoms with Crippen molar-refractivity contribution in [3.63, 3.8) is 0 Å². The Morgan fingerprint density at radius 2 is 1.92 bits per heavy atom. The van der Waals surface area contributed by atoms with E-state index in [1.807, 2.05) is 31.2 Å². The van der Waals surface area contributed by atoms with Crippen LogP contribution in [-0.4, -0.2) is 25.5 Å². The van der Waals surface area contributed by atoms with E-state index in [9.17, 15) is 9.59 Å². The molecule has 0 aliphatic rings. The fourth-order valence-electron chi connectivity index (χ4n) is 2.36. The van der Waals surface area contributed by atoms with Gasteiger partial charge in [0.1, 0.15) is 0 Å². The zero-order valence-corrected chi connectivity index (χ0v) is 14.2. The van der Waals surface area contributed by atoms with Gasteiger partial charge in [-0.05, 0) is 54.8 Å². The van der Waals surface area contributed by atoms with Crippen LogP contribution in [0.5, 0.6) is 0 Å². The average Bonchev–Trinajstić information content (AvgIpc) is 2.60. The Balaban J connectivity index is 1.95. The van der Waals surface area contributed by atoms with Crippen LogP contribution in [0.2, 0.25) is 0 Å². The number of carbonyl (C=O) groups is 2. The molecule has 2 rings (SSSR count). The highest BCUT2D eigenvalue weighted by atomic mass is 16.5. The quantitative estimate of drug-likeness (QED) is 0.799. The van der Waals surface area contributed by atoms with Crippen molar-refractivity contribution in [1.29, 1.82) is 0 Å². The number of hydrogen-bond acceptors (Lipinski definition) is 4. The van der Waals surface area contributed by atoms with Gasteiger partial charge in [0.05, 0.1) is 19.2 Å². The highest BCUT2D eigenvalue weighted by Gasteiger charge is 2.08. The third-order valence-corrected chi connectivity index (χ3v) is 3.71. The highest BCUT2D eigenvalue weighted by Crippen LogP contribution is 2.17. The van der Waals surface area contributed by atoms with Crippen molar-refractivity contribution in [2.45, 2.75) is 20.3 Å². The van der Waals surface area contributed by atoms with E-state index < -0.39 is 0 Å². The van der Waals surface area contributed by atoms with Gasteiger partial charge in [-0.15, -0.1) is 0 Å². The van der Waals surface area contributed by atoms with Crippen LogP contribution in [0.3, 0.4) is 0 Å². The van der Waals surface area contributed by atoms with Crippen LogP contribution in [0, 0.1) is 6.92 Å². The Morgan fingerprint density at radius 1 is 1.12 bits per heavy atom. The first kappa shape index (κ1) is 17.5. The topological polar surface area (TPSA) is 67.4 Å². The molecule has 0 aliphatic carbocycles. The molecular weight excluding hydrogens is 304 g/mol. The van der Waals surface area contributed by atoms with E-state index in [1.54, 1.807) is 18.2 Å². The summed E-state index contributed by atoms with van der Waals surface area (Å²) < 4.78 is 4.69. The SMILES string of the molecule is CCc1cccc(NC(=O)CNc2ccc(C(=O)OC)cc2C)c1. The number of anilines is 2. The number of hydrogen-bond donors (Lipinski definition) is 2. The van der Waals surface area contributed by atoms with Crippen LogP contribution in [0.15, 0.2) is 42.5 Å². The molecule has 24 heavy (non-hydrogen) atoms. The summed E-state index contributed by atoms with van der Waals surface area (Å²) in [5.41, 5.74) is 4.13. The van der Waals surface area contributed by atoms with E-state index in [2.05, 4.69) is 17.6 Å². The van der Waals surface area contributed by atoms with Crippen molar-refractivity contribution < 1.29 is 14.3 Å². The minimum Gasteiger partial charge on any atom is -0.465 e. The fourth-order valence-corrected chi connectivity index (χ4v) is 2.36. The first-order valence-electron chi connectivity index (χ1n) is 7.85. The molecular formula is C19H22N2O3. The zero-order chi connectivity index (χ0) is 17.5. The lowest BCUT2D eigenvalue weighted by molar-refractivity contribution is -0.114. The van der Waals surface area contributed by atoms with Crippen molar-refractivity contribution in [3.8, 4) is 0 Å². The number of amides is 1. The van der Waals surface area contributed by atoms with Gasteiger partial charge in [0.2, 0.25) is 5.91 Å². The molecule has 0 saturated carbocycles. The molecule has 5 heteroatoms. The molecule has 2 N–H and O–H groups in total. The monoisotopic (exact) mass is 326 g/mol. The third kappa shape index (κ3) is 4.59. The largest absolute Gasteiger partial charge is 0.465 e. The molecule has 0 fully saturated rings. The highest BCUT2D eigenvalue weighted by molar-refractivity contribution is 5.94. The Kier molecular flexibility index (Phi) is 5.95. The predicted octanol–water partition coefficient (Wildman–Crippen LogP) is 3.39. The molecule has 2 aromatic carbocycles. The third-order valence-electron chi connectivity index (χ3n) is 3.71. The van der Waals surface area contributed by atoms with Crippen molar-refractivity contribution in [1.82, 2.24) is 0 Å². The van der Waals surface area contributed by atoms with Crippen LogP contribution in [0.1, 0.15) is 28.4 Å². The van der Waals surface area contributed by atoms with Crippen LogP contribution in [0.4, 0.5) is 11.4 Å². The summed E-state index contributed by atoms with van der Waals surface area (Å²) in [4.78, 5) is 23.6. The molecule has 0 bridgehead atoms. The second kappa shape index (κ2) is 8.15. The average molecular weight is 326 g/mol. The van der Waals surface area contributed by atoms with Crippen molar-refractivity contribution in [2.75, 3.05) is 24.3 Å². The molecule has 0 atom stereocenters. The first-order chi connectivity index (χ1) is 11.5. The minimum absolute atomic E-state index is 0.125. The van der Waals surface area contributed by atoms with Gasteiger partial charge >= 0.3 is 5.97 Å². The minimum atomic E-state index is -0.377. The van der Waals surface area contributed by atoms with Crippen LogP contribution in [-0.2, 0) is 16.0 Å². The van der Waals surface area contributed by atoms with Gasteiger partial charge in [0.25, 0.3) is 0 Å². The summed E-state index contributed by atoms with van der Waals surface area (Å²) in [6.07, 6.45) is 0.924. The number of benzene rings is 2. The molecule has 2 aromatic rings. The van der Waals surface area contributed by atoms with Crippen molar-refractivity contribution in [2.24, 2.45) is 0 Å².